The number of amides is 1. The maximum absolute atomic E-state index is 13.3. The molecule has 1 aromatic carbocycles. The lowest BCUT2D eigenvalue weighted by atomic mass is 10.2. The van der Waals surface area contributed by atoms with Gasteiger partial charge in [-0.05, 0) is 31.0 Å². The molecule has 1 N–H and O–H groups in total. The molecule has 0 spiro atoms. The second-order valence-electron chi connectivity index (χ2n) is 5.16. The highest BCUT2D eigenvalue weighted by molar-refractivity contribution is 7.13. The van der Waals surface area contributed by atoms with E-state index in [1.165, 1.54) is 16.3 Å². The number of aliphatic carboxylic acids is 1. The summed E-state index contributed by atoms with van der Waals surface area (Å²) in [7, 11) is 0. The fourth-order valence-electron chi connectivity index (χ4n) is 2.55. The molecule has 1 aliphatic rings. The molecule has 0 radical (unpaired) electrons. The highest BCUT2D eigenvalue weighted by Gasteiger charge is 2.35. The van der Waals surface area contributed by atoms with Gasteiger partial charge >= 0.3 is 5.97 Å². The largest absolute Gasteiger partial charge is 0.480 e. The number of carboxylic acids is 1. The average Bonchev–Trinajstić information content (AvgIpc) is 3.18. The fraction of sp³-hybridized carbons (Fsp3) is 0.267. The molecule has 0 aliphatic carbocycles. The average molecular weight is 338 g/mol. The summed E-state index contributed by atoms with van der Waals surface area (Å²) in [5, 5.41) is 11.0. The zero-order valence-electron chi connectivity index (χ0n) is 11.8. The van der Waals surface area contributed by atoms with Crippen LogP contribution >= 0.6 is 11.3 Å². The summed E-state index contributed by atoms with van der Waals surface area (Å²) in [4.78, 5) is 29.0. The van der Waals surface area contributed by atoms with E-state index in [0.29, 0.717) is 30.0 Å². The van der Waals surface area contributed by atoms with Crippen molar-refractivity contribution in [2.24, 2.45) is 0 Å². The molecule has 1 atom stereocenters. The fourth-order valence-corrected chi connectivity index (χ4v) is 3.34. The van der Waals surface area contributed by atoms with Gasteiger partial charge in [0.2, 0.25) is 0 Å². The van der Waals surface area contributed by atoms with Gasteiger partial charge in [0.05, 0.1) is 0 Å². The van der Waals surface area contributed by atoms with Crippen molar-refractivity contribution in [2.75, 3.05) is 6.54 Å². The Hall–Kier alpha value is -2.35. The molecule has 8 heteroatoms. The number of likely N-dealkylation sites (tertiary alicyclic amines) is 1. The lowest BCUT2D eigenvalue weighted by Crippen LogP contribution is -2.40. The molecule has 1 aromatic heterocycles. The summed E-state index contributed by atoms with van der Waals surface area (Å²) in [5.41, 5.74) is 0.479. The van der Waals surface area contributed by atoms with Crippen LogP contribution in [-0.4, -0.2) is 39.5 Å². The topological polar surface area (TPSA) is 70.5 Å². The monoisotopic (exact) mass is 338 g/mol. The summed E-state index contributed by atoms with van der Waals surface area (Å²) < 4.78 is 26.2. The van der Waals surface area contributed by atoms with Crippen LogP contribution in [0.5, 0.6) is 0 Å². The molecule has 5 nitrogen and oxygen atoms in total. The Kier molecular flexibility index (Phi) is 4.08. The van der Waals surface area contributed by atoms with E-state index in [1.54, 1.807) is 0 Å². The molecule has 3 rings (SSSR count). The Morgan fingerprint density at radius 3 is 2.78 bits per heavy atom. The number of carbonyl (C=O) groups is 2. The van der Waals surface area contributed by atoms with Crippen molar-refractivity contribution in [1.82, 2.24) is 9.88 Å². The Morgan fingerprint density at radius 1 is 1.30 bits per heavy atom. The van der Waals surface area contributed by atoms with Gasteiger partial charge in [0.1, 0.15) is 16.7 Å². The van der Waals surface area contributed by atoms with Crippen molar-refractivity contribution in [3.63, 3.8) is 0 Å². The van der Waals surface area contributed by atoms with E-state index in [1.807, 2.05) is 0 Å². The van der Waals surface area contributed by atoms with Crippen molar-refractivity contribution in [3.05, 3.63) is 40.9 Å². The van der Waals surface area contributed by atoms with Crippen molar-refractivity contribution < 1.29 is 23.5 Å². The van der Waals surface area contributed by atoms with E-state index in [2.05, 4.69) is 4.98 Å². The van der Waals surface area contributed by atoms with E-state index in [-0.39, 0.29) is 5.69 Å². The number of aromatic nitrogens is 1. The molecular formula is C15H12F2N2O3S. The highest BCUT2D eigenvalue weighted by Crippen LogP contribution is 2.27. The summed E-state index contributed by atoms with van der Waals surface area (Å²) >= 11 is 1.12. The van der Waals surface area contributed by atoms with Gasteiger partial charge in [-0.3, -0.25) is 4.79 Å². The van der Waals surface area contributed by atoms with Gasteiger partial charge in [0, 0.05) is 17.5 Å². The van der Waals surface area contributed by atoms with Gasteiger partial charge in [0.15, 0.2) is 11.6 Å². The Bertz CT molecular complexity index is 778. The third-order valence-electron chi connectivity index (χ3n) is 3.69. The number of carboxylic acid groups (broad SMARTS) is 1. The van der Waals surface area contributed by atoms with E-state index < -0.39 is 29.6 Å². The minimum absolute atomic E-state index is 0.114. The standard InChI is InChI=1S/C15H12F2N2O3S/c16-9-4-3-8(6-10(9)17)13-18-11(7-23-13)14(20)19-5-1-2-12(19)15(21)22/h3-4,6-7,12H,1-2,5H2,(H,21,22). The first-order valence-electron chi connectivity index (χ1n) is 6.92. The van der Waals surface area contributed by atoms with Crippen molar-refractivity contribution in [3.8, 4) is 10.6 Å². The number of halogens is 2. The number of hydrogen-bond donors (Lipinski definition) is 1. The maximum atomic E-state index is 13.3. The Balaban J connectivity index is 1.85. The minimum atomic E-state index is -1.04. The van der Waals surface area contributed by atoms with Crippen LogP contribution < -0.4 is 0 Å². The number of rotatable bonds is 3. The highest BCUT2D eigenvalue weighted by atomic mass is 32.1. The maximum Gasteiger partial charge on any atom is 0.326 e. The first-order chi connectivity index (χ1) is 11.0. The lowest BCUT2D eigenvalue weighted by molar-refractivity contribution is -0.141. The third-order valence-corrected chi connectivity index (χ3v) is 4.58. The SMILES string of the molecule is O=C(O)C1CCCN1C(=O)c1csc(-c2ccc(F)c(F)c2)n1. The number of benzene rings is 1. The van der Waals surface area contributed by atoms with Crippen LogP contribution in [0.4, 0.5) is 8.78 Å². The summed E-state index contributed by atoms with van der Waals surface area (Å²) in [6.45, 7) is 0.369. The zero-order valence-corrected chi connectivity index (χ0v) is 12.6. The van der Waals surface area contributed by atoms with E-state index in [0.717, 1.165) is 23.5 Å². The first-order valence-corrected chi connectivity index (χ1v) is 7.80. The second kappa shape index (κ2) is 6.04. The van der Waals surface area contributed by atoms with E-state index in [9.17, 15) is 18.4 Å². The van der Waals surface area contributed by atoms with Crippen molar-refractivity contribution in [2.45, 2.75) is 18.9 Å². The van der Waals surface area contributed by atoms with Crippen LogP contribution in [0.2, 0.25) is 0 Å². The molecule has 1 unspecified atom stereocenters. The Morgan fingerprint density at radius 2 is 2.09 bits per heavy atom. The molecule has 0 saturated carbocycles. The molecule has 2 aromatic rings. The number of nitrogens with zero attached hydrogens (tertiary/aromatic N) is 2. The van der Waals surface area contributed by atoms with Gasteiger partial charge in [-0.25, -0.2) is 18.6 Å². The van der Waals surface area contributed by atoms with Crippen LogP contribution in [-0.2, 0) is 4.79 Å². The predicted molar refractivity (Wildman–Crippen MR) is 79.2 cm³/mol. The Labute approximate surface area is 134 Å². The molecule has 1 fully saturated rings. The first kappa shape index (κ1) is 15.5. The minimum Gasteiger partial charge on any atom is -0.480 e. The number of carbonyl (C=O) groups excluding carboxylic acids is 1. The van der Waals surface area contributed by atoms with Gasteiger partial charge in [0.25, 0.3) is 5.91 Å². The van der Waals surface area contributed by atoms with Crippen molar-refractivity contribution in [1.29, 1.82) is 0 Å². The van der Waals surface area contributed by atoms with Crippen molar-refractivity contribution >= 4 is 23.2 Å². The molecular weight excluding hydrogens is 326 g/mol. The molecule has 0 bridgehead atoms. The van der Waals surface area contributed by atoms with Crippen LogP contribution in [0.3, 0.4) is 0 Å². The summed E-state index contributed by atoms with van der Waals surface area (Å²) in [6, 6.07) is 2.55. The number of thiazole rings is 1. The zero-order chi connectivity index (χ0) is 16.6. The van der Waals surface area contributed by atoms with Crippen LogP contribution in [0.15, 0.2) is 23.6 Å². The molecule has 1 aliphatic heterocycles. The van der Waals surface area contributed by atoms with E-state index >= 15 is 0 Å². The van der Waals surface area contributed by atoms with Gasteiger partial charge in [-0.15, -0.1) is 11.3 Å². The number of hydrogen-bond acceptors (Lipinski definition) is 4. The molecule has 1 saturated heterocycles. The third kappa shape index (κ3) is 2.94. The summed E-state index contributed by atoms with van der Waals surface area (Å²) in [5.74, 6) is -3.44. The van der Waals surface area contributed by atoms with Crippen LogP contribution in [0.1, 0.15) is 23.3 Å². The molecule has 120 valence electrons. The second-order valence-corrected chi connectivity index (χ2v) is 6.02. The lowest BCUT2D eigenvalue weighted by Gasteiger charge is -2.20. The van der Waals surface area contributed by atoms with E-state index in [4.69, 9.17) is 5.11 Å². The predicted octanol–water partition coefficient (Wildman–Crippen LogP) is 2.78. The smallest absolute Gasteiger partial charge is 0.326 e. The molecule has 2 heterocycles. The van der Waals surface area contributed by atoms with Crippen LogP contribution in [0.25, 0.3) is 10.6 Å². The van der Waals surface area contributed by atoms with Gasteiger partial charge in [-0.2, -0.15) is 0 Å². The van der Waals surface area contributed by atoms with Crippen LogP contribution in [0, 0.1) is 11.6 Å². The molecule has 1 amide bonds. The quantitative estimate of drug-likeness (QED) is 0.934. The summed E-state index contributed by atoms with van der Waals surface area (Å²) in [6.07, 6.45) is 1.05. The van der Waals surface area contributed by atoms with Gasteiger partial charge < -0.3 is 10.0 Å². The molecule has 23 heavy (non-hydrogen) atoms. The van der Waals surface area contributed by atoms with Gasteiger partial charge in [-0.1, -0.05) is 0 Å². The normalized spacial score (nSPS) is 17.5.